The molecular formula is C12H21BN2O2. The Labute approximate surface area is 105 Å². The van der Waals surface area contributed by atoms with E-state index in [1.54, 1.807) is 46.0 Å². The van der Waals surface area contributed by atoms with Crippen molar-refractivity contribution >= 4 is 19.1 Å². The maximum absolute atomic E-state index is 9.10. The summed E-state index contributed by atoms with van der Waals surface area (Å²) in [7, 11) is 7.26. The molecule has 1 heterocycles. The first-order chi connectivity index (χ1) is 7.58. The van der Waals surface area contributed by atoms with Crippen LogP contribution in [0.25, 0.3) is 0 Å². The van der Waals surface area contributed by atoms with E-state index in [-0.39, 0.29) is 0 Å². The molecule has 0 aliphatic heterocycles. The molecule has 94 valence electrons. The minimum absolute atomic E-state index is 0.731. The predicted octanol–water partition coefficient (Wildman–Crippen LogP) is 0.445. The highest BCUT2D eigenvalue weighted by Crippen LogP contribution is 2.19. The van der Waals surface area contributed by atoms with Crippen LogP contribution in [0.2, 0.25) is 0 Å². The van der Waals surface area contributed by atoms with E-state index in [1.807, 2.05) is 7.05 Å². The molecule has 0 unspecified atom stereocenters. The largest absolute Gasteiger partial charge is 0.387 e. The van der Waals surface area contributed by atoms with Crippen LogP contribution in [0, 0.1) is 0 Å². The van der Waals surface area contributed by atoms with Gasteiger partial charge in [-0.05, 0) is 33.8 Å². The Kier molecular flexibility index (Phi) is 5.65. The van der Waals surface area contributed by atoms with E-state index in [9.17, 15) is 0 Å². The number of rotatable bonds is 2. The maximum Gasteiger partial charge on any atom is 0.125 e. The highest BCUT2D eigenvalue weighted by molar-refractivity contribution is 6.32. The molecule has 0 aromatic carbocycles. The van der Waals surface area contributed by atoms with Gasteiger partial charge in [-0.3, -0.25) is 0 Å². The van der Waals surface area contributed by atoms with Gasteiger partial charge in [-0.15, -0.1) is 0 Å². The van der Waals surface area contributed by atoms with Gasteiger partial charge < -0.3 is 15.5 Å². The summed E-state index contributed by atoms with van der Waals surface area (Å²) in [5.41, 5.74) is -1.28. The summed E-state index contributed by atoms with van der Waals surface area (Å²) in [6, 6.07) is 3.53. The summed E-state index contributed by atoms with van der Waals surface area (Å²) in [5.74, 6) is 0.801. The number of hydrogen-bond donors (Lipinski definition) is 3. The molecule has 3 N–H and O–H groups in total. The third kappa shape index (κ3) is 6.29. The van der Waals surface area contributed by atoms with Crippen LogP contribution in [0.15, 0.2) is 18.3 Å². The van der Waals surface area contributed by atoms with E-state index in [1.165, 1.54) is 0 Å². The molecule has 2 radical (unpaired) electrons. The van der Waals surface area contributed by atoms with Gasteiger partial charge in [0.25, 0.3) is 0 Å². The normalized spacial score (nSPS) is 11.5. The van der Waals surface area contributed by atoms with Gasteiger partial charge in [-0.25, -0.2) is 4.98 Å². The van der Waals surface area contributed by atoms with Gasteiger partial charge in [0.1, 0.15) is 13.7 Å². The molecule has 0 saturated heterocycles. The molecule has 0 aliphatic carbocycles. The quantitative estimate of drug-likeness (QED) is 0.652. The van der Waals surface area contributed by atoms with Gasteiger partial charge in [0.2, 0.25) is 0 Å². The topological polar surface area (TPSA) is 65.4 Å². The molecule has 0 amide bonds. The van der Waals surface area contributed by atoms with Crippen molar-refractivity contribution < 1.29 is 10.2 Å². The zero-order chi connectivity index (χ0) is 13.7. The average molecular weight is 236 g/mol. The molecule has 0 fully saturated rings. The second-order valence-electron chi connectivity index (χ2n) is 4.84. The van der Waals surface area contributed by atoms with Gasteiger partial charge in [0, 0.05) is 13.2 Å². The van der Waals surface area contributed by atoms with Gasteiger partial charge in [0.05, 0.1) is 11.2 Å². The van der Waals surface area contributed by atoms with E-state index in [2.05, 4.69) is 10.3 Å². The van der Waals surface area contributed by atoms with Crippen molar-refractivity contribution in [1.82, 2.24) is 4.98 Å². The Morgan fingerprint density at radius 1 is 1.18 bits per heavy atom. The number of hydrogen-bond acceptors (Lipinski definition) is 4. The van der Waals surface area contributed by atoms with Crippen molar-refractivity contribution in [2.45, 2.75) is 38.9 Å². The van der Waals surface area contributed by atoms with Crippen molar-refractivity contribution in [2.75, 3.05) is 12.4 Å². The molecule has 1 rings (SSSR count). The first-order valence-electron chi connectivity index (χ1n) is 5.42. The van der Waals surface area contributed by atoms with Gasteiger partial charge in [-0.2, -0.15) is 0 Å². The molecule has 1 aromatic heterocycles. The Hall–Kier alpha value is -1.07. The lowest BCUT2D eigenvalue weighted by molar-refractivity contribution is -0.107. The van der Waals surface area contributed by atoms with Crippen LogP contribution in [-0.2, 0) is 0 Å². The van der Waals surface area contributed by atoms with Crippen molar-refractivity contribution in [1.29, 1.82) is 0 Å². The number of nitrogens with one attached hydrogen (secondary N) is 1. The molecule has 0 spiro atoms. The smallest absolute Gasteiger partial charge is 0.125 e. The van der Waals surface area contributed by atoms with Crippen LogP contribution >= 0.6 is 0 Å². The summed E-state index contributed by atoms with van der Waals surface area (Å²) in [6.07, 6.45) is 1.67. The summed E-state index contributed by atoms with van der Waals surface area (Å²) in [6.45, 7) is 6.31. The second-order valence-corrected chi connectivity index (χ2v) is 4.84. The Balaban J connectivity index is 0.000000304. The Morgan fingerprint density at radius 2 is 1.65 bits per heavy atom. The van der Waals surface area contributed by atoms with E-state index in [4.69, 9.17) is 18.1 Å². The average Bonchev–Trinajstić information content (AvgIpc) is 2.15. The number of aromatic nitrogens is 1. The van der Waals surface area contributed by atoms with Crippen LogP contribution < -0.4 is 10.8 Å². The third-order valence-electron chi connectivity index (χ3n) is 2.54. The van der Waals surface area contributed by atoms with Crippen molar-refractivity contribution in [3.8, 4) is 0 Å². The molecule has 1 aromatic rings. The van der Waals surface area contributed by atoms with Crippen molar-refractivity contribution in [2.24, 2.45) is 0 Å². The highest BCUT2D eigenvalue weighted by atomic mass is 16.3. The number of anilines is 1. The second kappa shape index (κ2) is 6.03. The molecular weight excluding hydrogens is 215 g/mol. The van der Waals surface area contributed by atoms with Crippen LogP contribution in [0.3, 0.4) is 0 Å². The fraction of sp³-hybridized carbons (Fsp3) is 0.583. The first kappa shape index (κ1) is 15.9. The van der Waals surface area contributed by atoms with E-state index in [0.29, 0.717) is 0 Å². The molecule has 0 saturated carbocycles. The molecule has 0 atom stereocenters. The fourth-order valence-corrected chi connectivity index (χ4v) is 0.584. The summed E-state index contributed by atoms with van der Waals surface area (Å²) in [5, 5.41) is 21.1. The molecule has 17 heavy (non-hydrogen) atoms. The van der Waals surface area contributed by atoms with Crippen LogP contribution in [0.5, 0.6) is 0 Å². The molecule has 0 bridgehead atoms. The van der Waals surface area contributed by atoms with E-state index in [0.717, 1.165) is 11.3 Å². The summed E-state index contributed by atoms with van der Waals surface area (Å²) in [4.78, 5) is 3.97. The van der Waals surface area contributed by atoms with Crippen molar-refractivity contribution in [3.63, 3.8) is 0 Å². The minimum Gasteiger partial charge on any atom is -0.387 e. The van der Waals surface area contributed by atoms with Crippen LogP contribution in [-0.4, -0.2) is 41.3 Å². The van der Waals surface area contributed by atoms with E-state index < -0.39 is 11.2 Å². The number of nitrogens with zero attached hydrogens (tertiary/aromatic N) is 1. The summed E-state index contributed by atoms with van der Waals surface area (Å²) < 4.78 is 0. The van der Waals surface area contributed by atoms with E-state index >= 15 is 0 Å². The van der Waals surface area contributed by atoms with Crippen LogP contribution in [0.4, 0.5) is 5.82 Å². The standard InChI is InChI=1S/C6H7BN2.C6H14O2/c1-8-6-4-5(7)2-3-9-6;1-5(2,7)6(3,4)8/h2-4H,1H3,(H,8,9);7-8H,1-4H3. The minimum atomic E-state index is -1.01. The SMILES string of the molecule is CC(C)(O)C(C)(C)O.[B]c1ccnc(NC)c1. The molecule has 0 aliphatic rings. The Bertz CT molecular complexity index is 331. The number of aliphatic hydroxyl groups is 2. The predicted molar refractivity (Wildman–Crippen MR) is 71.8 cm³/mol. The first-order valence-corrected chi connectivity index (χ1v) is 5.42. The number of pyridine rings is 1. The zero-order valence-electron chi connectivity index (χ0n) is 11.2. The van der Waals surface area contributed by atoms with Gasteiger partial charge in [-0.1, -0.05) is 11.5 Å². The third-order valence-corrected chi connectivity index (χ3v) is 2.54. The van der Waals surface area contributed by atoms with Gasteiger partial charge in [0.15, 0.2) is 0 Å². The lowest BCUT2D eigenvalue weighted by Gasteiger charge is -2.31. The lowest BCUT2D eigenvalue weighted by atomic mass is 9.90. The van der Waals surface area contributed by atoms with Crippen LogP contribution in [0.1, 0.15) is 27.7 Å². The summed E-state index contributed by atoms with van der Waals surface area (Å²) >= 11 is 0. The zero-order valence-corrected chi connectivity index (χ0v) is 11.2. The highest BCUT2D eigenvalue weighted by Gasteiger charge is 2.31. The fourth-order valence-electron chi connectivity index (χ4n) is 0.584. The lowest BCUT2D eigenvalue weighted by Crippen LogP contribution is -2.44. The monoisotopic (exact) mass is 236 g/mol. The molecule has 4 nitrogen and oxygen atoms in total. The van der Waals surface area contributed by atoms with Crippen molar-refractivity contribution in [3.05, 3.63) is 18.3 Å². The van der Waals surface area contributed by atoms with Gasteiger partial charge >= 0.3 is 0 Å². The Morgan fingerprint density at radius 3 is 1.88 bits per heavy atom. The molecule has 5 heteroatoms. The maximum atomic E-state index is 9.10.